The monoisotopic (exact) mass is 468 g/mol. The zero-order valence-electron chi connectivity index (χ0n) is 19.4. The molecule has 0 fully saturated rings. The first-order chi connectivity index (χ1) is 16.0. The molecule has 6 nitrogen and oxygen atoms in total. The van der Waals surface area contributed by atoms with Crippen LogP contribution in [0.25, 0.3) is 0 Å². The fourth-order valence-electron chi connectivity index (χ4n) is 3.76. The molecular formula is C26H33ClN4O2. The molecule has 3 rings (SSSR count). The highest BCUT2D eigenvalue weighted by atomic mass is 35.5. The second-order valence-corrected chi connectivity index (χ2v) is 8.57. The van der Waals surface area contributed by atoms with Crippen LogP contribution in [-0.2, 0) is 13.2 Å². The van der Waals surface area contributed by atoms with Gasteiger partial charge in [0.15, 0.2) is 0 Å². The standard InChI is InChI=1S/C26H33ClN4O2/c1-3-14-29-24-17-26(32)31(30-25(24)18-33-22-7-5-4-6-8-22)15-12-20(11-13-28)21-9-10-23(27)19(2)16-21/h4-10,16-17,20,29H,3,11-15,18,28H2,1-2H3. The normalized spacial score (nSPS) is 11.9. The number of anilines is 1. The fraction of sp³-hybridized carbons (Fsp3) is 0.385. The number of aryl methyl sites for hydroxylation is 2. The first-order valence-electron chi connectivity index (χ1n) is 11.5. The predicted molar refractivity (Wildman–Crippen MR) is 135 cm³/mol. The molecule has 0 aliphatic heterocycles. The average molecular weight is 469 g/mol. The lowest BCUT2D eigenvalue weighted by Crippen LogP contribution is -2.26. The number of nitrogens with one attached hydrogen (secondary N) is 1. The summed E-state index contributed by atoms with van der Waals surface area (Å²) in [4.78, 5) is 12.8. The Morgan fingerprint density at radius 2 is 1.94 bits per heavy atom. The number of halogens is 1. The summed E-state index contributed by atoms with van der Waals surface area (Å²) >= 11 is 6.20. The summed E-state index contributed by atoms with van der Waals surface area (Å²) in [6, 6.07) is 17.3. The Morgan fingerprint density at radius 3 is 2.64 bits per heavy atom. The minimum absolute atomic E-state index is 0.129. The van der Waals surface area contributed by atoms with Gasteiger partial charge < -0.3 is 15.8 Å². The maximum Gasteiger partial charge on any atom is 0.268 e. The molecule has 0 amide bonds. The number of nitrogens with zero attached hydrogens (tertiary/aromatic N) is 2. The molecular weight excluding hydrogens is 436 g/mol. The van der Waals surface area contributed by atoms with Crippen LogP contribution in [0, 0.1) is 6.92 Å². The van der Waals surface area contributed by atoms with E-state index in [0.29, 0.717) is 18.8 Å². The zero-order valence-corrected chi connectivity index (χ0v) is 20.1. The number of benzene rings is 2. The zero-order chi connectivity index (χ0) is 23.6. The molecule has 0 aliphatic carbocycles. The van der Waals surface area contributed by atoms with E-state index in [2.05, 4.69) is 23.4 Å². The molecule has 7 heteroatoms. The van der Waals surface area contributed by atoms with Crippen molar-refractivity contribution in [3.05, 3.63) is 86.8 Å². The van der Waals surface area contributed by atoms with Crippen LogP contribution in [0.3, 0.4) is 0 Å². The lowest BCUT2D eigenvalue weighted by molar-refractivity contribution is 0.296. The molecule has 2 aromatic carbocycles. The highest BCUT2D eigenvalue weighted by Gasteiger charge is 2.15. The molecule has 1 unspecified atom stereocenters. The first-order valence-corrected chi connectivity index (χ1v) is 11.9. The Labute approximate surface area is 200 Å². The second kappa shape index (κ2) is 12.4. The van der Waals surface area contributed by atoms with Crippen molar-refractivity contribution in [2.75, 3.05) is 18.4 Å². The first kappa shape index (κ1) is 24.8. The minimum Gasteiger partial charge on any atom is -0.487 e. The van der Waals surface area contributed by atoms with E-state index in [4.69, 9.17) is 22.1 Å². The van der Waals surface area contributed by atoms with Crippen molar-refractivity contribution >= 4 is 17.3 Å². The van der Waals surface area contributed by atoms with Crippen LogP contribution >= 0.6 is 11.6 Å². The van der Waals surface area contributed by atoms with E-state index in [1.807, 2.05) is 49.4 Å². The van der Waals surface area contributed by atoms with Crippen molar-refractivity contribution in [3.63, 3.8) is 0 Å². The highest BCUT2D eigenvalue weighted by Crippen LogP contribution is 2.27. The van der Waals surface area contributed by atoms with Crippen LogP contribution in [0.1, 0.15) is 48.9 Å². The Hall–Kier alpha value is -2.83. The number of aromatic nitrogens is 2. The molecule has 3 N–H and O–H groups in total. The Balaban J connectivity index is 1.80. The lowest BCUT2D eigenvalue weighted by Gasteiger charge is -2.19. The van der Waals surface area contributed by atoms with Gasteiger partial charge in [-0.05, 0) is 68.0 Å². The van der Waals surface area contributed by atoms with Crippen LogP contribution in [0.5, 0.6) is 5.75 Å². The number of hydrogen-bond acceptors (Lipinski definition) is 5. The van der Waals surface area contributed by atoms with E-state index in [1.165, 1.54) is 10.2 Å². The van der Waals surface area contributed by atoms with Crippen molar-refractivity contribution in [1.82, 2.24) is 9.78 Å². The smallest absolute Gasteiger partial charge is 0.268 e. The summed E-state index contributed by atoms with van der Waals surface area (Å²) in [6.45, 7) is 6.19. The lowest BCUT2D eigenvalue weighted by atomic mass is 9.91. The summed E-state index contributed by atoms with van der Waals surface area (Å²) in [5, 5.41) is 8.72. The van der Waals surface area contributed by atoms with Gasteiger partial charge in [0.25, 0.3) is 5.56 Å². The maximum absolute atomic E-state index is 12.8. The minimum atomic E-state index is -0.129. The van der Waals surface area contributed by atoms with Gasteiger partial charge in [0.2, 0.25) is 0 Å². The molecule has 0 aliphatic rings. The van der Waals surface area contributed by atoms with E-state index >= 15 is 0 Å². The number of nitrogens with two attached hydrogens (primary N) is 1. The predicted octanol–water partition coefficient (Wildman–Crippen LogP) is 5.13. The summed E-state index contributed by atoms with van der Waals surface area (Å²) < 4.78 is 7.45. The van der Waals surface area contributed by atoms with Crippen LogP contribution in [-0.4, -0.2) is 22.9 Å². The van der Waals surface area contributed by atoms with Gasteiger partial charge in [-0.25, -0.2) is 4.68 Å². The summed E-state index contributed by atoms with van der Waals surface area (Å²) in [6.07, 6.45) is 2.53. The molecule has 1 atom stereocenters. The Bertz CT molecular complexity index is 1090. The SMILES string of the molecule is CCCNc1cc(=O)n(CCC(CCN)c2ccc(Cl)c(C)c2)nc1COc1ccccc1. The van der Waals surface area contributed by atoms with Gasteiger partial charge >= 0.3 is 0 Å². The second-order valence-electron chi connectivity index (χ2n) is 8.17. The molecule has 33 heavy (non-hydrogen) atoms. The van der Waals surface area contributed by atoms with Gasteiger partial charge in [-0.2, -0.15) is 5.10 Å². The van der Waals surface area contributed by atoms with Gasteiger partial charge in [0, 0.05) is 24.2 Å². The number of rotatable bonds is 12. The van der Waals surface area contributed by atoms with Gasteiger partial charge in [-0.1, -0.05) is 48.9 Å². The number of hydrogen-bond donors (Lipinski definition) is 2. The van der Waals surface area contributed by atoms with E-state index in [0.717, 1.165) is 47.8 Å². The van der Waals surface area contributed by atoms with Crippen molar-refractivity contribution in [1.29, 1.82) is 0 Å². The van der Waals surface area contributed by atoms with Crippen molar-refractivity contribution in [2.24, 2.45) is 5.73 Å². The van der Waals surface area contributed by atoms with Gasteiger partial charge in [-0.15, -0.1) is 0 Å². The van der Waals surface area contributed by atoms with Gasteiger partial charge in [-0.3, -0.25) is 4.79 Å². The van der Waals surface area contributed by atoms with Gasteiger partial charge in [0.1, 0.15) is 18.1 Å². The molecule has 0 radical (unpaired) electrons. The highest BCUT2D eigenvalue weighted by molar-refractivity contribution is 6.31. The molecule has 3 aromatic rings. The summed E-state index contributed by atoms with van der Waals surface area (Å²) in [5.74, 6) is 0.987. The quantitative estimate of drug-likeness (QED) is 0.385. The largest absolute Gasteiger partial charge is 0.487 e. The third-order valence-corrected chi connectivity index (χ3v) is 6.04. The van der Waals surface area contributed by atoms with Crippen LogP contribution in [0.4, 0.5) is 5.69 Å². The van der Waals surface area contributed by atoms with E-state index < -0.39 is 0 Å². The summed E-state index contributed by atoms with van der Waals surface area (Å²) in [5.41, 5.74) is 9.42. The average Bonchev–Trinajstić information content (AvgIpc) is 2.82. The maximum atomic E-state index is 12.8. The summed E-state index contributed by atoms with van der Waals surface area (Å²) in [7, 11) is 0. The Morgan fingerprint density at radius 1 is 1.15 bits per heavy atom. The van der Waals surface area contributed by atoms with E-state index in [1.54, 1.807) is 6.07 Å². The van der Waals surface area contributed by atoms with Crippen LogP contribution < -0.4 is 21.3 Å². The van der Waals surface area contributed by atoms with Crippen molar-refractivity contribution in [3.8, 4) is 5.75 Å². The third-order valence-electron chi connectivity index (χ3n) is 5.62. The Kier molecular flexibility index (Phi) is 9.34. The molecule has 0 saturated heterocycles. The van der Waals surface area contributed by atoms with Crippen LogP contribution in [0.15, 0.2) is 59.4 Å². The molecule has 1 heterocycles. The van der Waals surface area contributed by atoms with E-state index in [9.17, 15) is 4.79 Å². The molecule has 0 saturated carbocycles. The van der Waals surface area contributed by atoms with Crippen LogP contribution in [0.2, 0.25) is 5.02 Å². The van der Waals surface area contributed by atoms with Gasteiger partial charge in [0.05, 0.1) is 5.69 Å². The fourth-order valence-corrected chi connectivity index (χ4v) is 3.87. The van der Waals surface area contributed by atoms with Crippen molar-refractivity contribution in [2.45, 2.75) is 52.2 Å². The molecule has 0 spiro atoms. The molecule has 1 aromatic heterocycles. The molecule has 0 bridgehead atoms. The topological polar surface area (TPSA) is 82.2 Å². The van der Waals surface area contributed by atoms with Crippen molar-refractivity contribution < 1.29 is 4.74 Å². The number of ether oxygens (including phenoxy) is 1. The molecule has 176 valence electrons. The number of para-hydroxylation sites is 1. The third kappa shape index (κ3) is 7.07. The van der Waals surface area contributed by atoms with E-state index in [-0.39, 0.29) is 18.1 Å².